The average molecular weight is 317 g/mol. The van der Waals surface area contributed by atoms with Gasteiger partial charge in [-0.25, -0.2) is 0 Å². The molecule has 1 fully saturated rings. The first-order valence-corrected chi connectivity index (χ1v) is 7.69. The summed E-state index contributed by atoms with van der Waals surface area (Å²) in [5.41, 5.74) is -1.37. The maximum atomic E-state index is 12.9. The lowest BCUT2D eigenvalue weighted by Gasteiger charge is -2.19. The number of hydrogen-bond donors (Lipinski definition) is 0. The van der Waals surface area contributed by atoms with Crippen molar-refractivity contribution in [3.8, 4) is 0 Å². The first-order chi connectivity index (χ1) is 11.0. The van der Waals surface area contributed by atoms with Crippen LogP contribution in [0.5, 0.6) is 0 Å². The van der Waals surface area contributed by atoms with E-state index in [9.17, 15) is 14.4 Å². The molecular formula is C17H19NO5. The summed E-state index contributed by atoms with van der Waals surface area (Å²) in [4.78, 5) is 39.5. The van der Waals surface area contributed by atoms with Gasteiger partial charge in [0.05, 0.1) is 13.2 Å². The number of anilines is 1. The zero-order valence-electron chi connectivity index (χ0n) is 13.4. The molecule has 1 aliphatic heterocycles. The summed E-state index contributed by atoms with van der Waals surface area (Å²) in [7, 11) is 1.65. The monoisotopic (exact) mass is 317 g/mol. The third-order valence-electron chi connectivity index (χ3n) is 4.78. The van der Waals surface area contributed by atoms with Gasteiger partial charge in [0.2, 0.25) is 5.91 Å². The molecule has 0 radical (unpaired) electrons. The number of esters is 2. The molecule has 0 aromatic heterocycles. The number of carbonyl (C=O) groups excluding carboxylic acids is 3. The number of likely N-dealkylation sites (N-methyl/N-ethyl adjacent to an activating group) is 1. The topological polar surface area (TPSA) is 72.9 Å². The Hall–Kier alpha value is -2.37. The van der Waals surface area contributed by atoms with Crippen molar-refractivity contribution in [2.45, 2.75) is 25.7 Å². The van der Waals surface area contributed by atoms with Gasteiger partial charge in [0.25, 0.3) is 0 Å². The van der Waals surface area contributed by atoms with Crippen LogP contribution in [0.15, 0.2) is 24.3 Å². The van der Waals surface area contributed by atoms with Crippen LogP contribution in [0.1, 0.15) is 25.8 Å². The molecule has 1 saturated carbocycles. The fraction of sp³-hybridized carbons (Fsp3) is 0.471. The van der Waals surface area contributed by atoms with Crippen LogP contribution in [-0.4, -0.2) is 38.1 Å². The number of fused-ring (bicyclic) bond motifs is 2. The van der Waals surface area contributed by atoms with Crippen molar-refractivity contribution in [1.29, 1.82) is 0 Å². The van der Waals surface area contributed by atoms with E-state index in [1.165, 1.54) is 4.90 Å². The third kappa shape index (κ3) is 1.72. The number of benzene rings is 1. The molecule has 0 unspecified atom stereocenters. The van der Waals surface area contributed by atoms with E-state index in [0.717, 1.165) is 0 Å². The Morgan fingerprint density at radius 2 is 1.70 bits per heavy atom. The number of amides is 1. The third-order valence-corrected chi connectivity index (χ3v) is 4.78. The van der Waals surface area contributed by atoms with Crippen LogP contribution >= 0.6 is 0 Å². The van der Waals surface area contributed by atoms with Crippen molar-refractivity contribution in [1.82, 2.24) is 0 Å². The first-order valence-electron chi connectivity index (χ1n) is 7.69. The smallest absolute Gasteiger partial charge is 0.325 e. The molecule has 1 aromatic rings. The van der Waals surface area contributed by atoms with Crippen LogP contribution in [0.2, 0.25) is 0 Å². The molecule has 6 nitrogen and oxygen atoms in total. The zero-order valence-corrected chi connectivity index (χ0v) is 13.4. The molecule has 23 heavy (non-hydrogen) atoms. The summed E-state index contributed by atoms with van der Waals surface area (Å²) in [5, 5.41) is 0. The van der Waals surface area contributed by atoms with E-state index >= 15 is 0 Å². The van der Waals surface area contributed by atoms with Gasteiger partial charge in [-0.1, -0.05) is 18.2 Å². The van der Waals surface area contributed by atoms with Gasteiger partial charge in [-0.15, -0.1) is 0 Å². The number of rotatable bonds is 4. The fourth-order valence-electron chi connectivity index (χ4n) is 3.66. The van der Waals surface area contributed by atoms with E-state index in [0.29, 0.717) is 11.3 Å². The molecule has 0 N–H and O–H groups in total. The Bertz CT molecular complexity index is 680. The predicted octanol–water partition coefficient (Wildman–Crippen LogP) is 1.42. The minimum Gasteiger partial charge on any atom is -0.465 e. The van der Waals surface area contributed by atoms with Crippen LogP contribution in [0.4, 0.5) is 5.69 Å². The lowest BCUT2D eigenvalue weighted by molar-refractivity contribution is -0.166. The SMILES string of the molecule is CCOC(=O)C1(C(=O)OCC)C[C@]12C(=O)N(C)c1ccccc12. The van der Waals surface area contributed by atoms with Gasteiger partial charge in [0.15, 0.2) is 5.41 Å². The number of hydrogen-bond acceptors (Lipinski definition) is 5. The summed E-state index contributed by atoms with van der Waals surface area (Å²) >= 11 is 0. The summed E-state index contributed by atoms with van der Waals surface area (Å²) in [6.45, 7) is 3.62. The van der Waals surface area contributed by atoms with Crippen LogP contribution in [-0.2, 0) is 29.3 Å². The Morgan fingerprint density at radius 1 is 1.13 bits per heavy atom. The van der Waals surface area contributed by atoms with Gasteiger partial charge >= 0.3 is 11.9 Å². The molecule has 1 amide bonds. The minimum atomic E-state index is -1.57. The maximum Gasteiger partial charge on any atom is 0.325 e. The molecule has 122 valence electrons. The molecule has 1 heterocycles. The van der Waals surface area contributed by atoms with E-state index < -0.39 is 22.8 Å². The van der Waals surface area contributed by atoms with Gasteiger partial charge in [0.1, 0.15) is 5.41 Å². The van der Waals surface area contributed by atoms with Crippen LogP contribution < -0.4 is 4.90 Å². The quantitative estimate of drug-likeness (QED) is 0.620. The highest BCUT2D eigenvalue weighted by atomic mass is 16.6. The maximum absolute atomic E-state index is 12.9. The summed E-state index contributed by atoms with van der Waals surface area (Å²) in [5.74, 6) is -1.63. The second-order valence-corrected chi connectivity index (χ2v) is 5.81. The van der Waals surface area contributed by atoms with E-state index in [4.69, 9.17) is 9.47 Å². The van der Waals surface area contributed by atoms with E-state index in [1.54, 1.807) is 39.1 Å². The van der Waals surface area contributed by atoms with Crippen molar-refractivity contribution >= 4 is 23.5 Å². The predicted molar refractivity (Wildman–Crippen MR) is 81.8 cm³/mol. The Balaban J connectivity index is 2.14. The molecule has 3 rings (SSSR count). The van der Waals surface area contributed by atoms with Gasteiger partial charge in [0, 0.05) is 12.7 Å². The Labute approximate surface area is 134 Å². The van der Waals surface area contributed by atoms with Gasteiger partial charge in [-0.2, -0.15) is 0 Å². The van der Waals surface area contributed by atoms with Crippen molar-refractivity contribution in [3.05, 3.63) is 29.8 Å². The molecule has 1 atom stereocenters. The van der Waals surface area contributed by atoms with E-state index in [1.807, 2.05) is 6.07 Å². The van der Waals surface area contributed by atoms with Crippen molar-refractivity contribution < 1.29 is 23.9 Å². The van der Waals surface area contributed by atoms with Crippen LogP contribution in [0.25, 0.3) is 0 Å². The van der Waals surface area contributed by atoms with Gasteiger partial charge < -0.3 is 14.4 Å². The summed E-state index contributed by atoms with van der Waals surface area (Å²) < 4.78 is 10.2. The normalized spacial score (nSPS) is 23.6. The number of carbonyl (C=O) groups is 3. The van der Waals surface area contributed by atoms with Crippen molar-refractivity contribution in [3.63, 3.8) is 0 Å². The molecule has 0 saturated heterocycles. The second-order valence-electron chi connectivity index (χ2n) is 5.81. The largest absolute Gasteiger partial charge is 0.465 e. The van der Waals surface area contributed by atoms with Crippen LogP contribution in [0, 0.1) is 5.41 Å². The molecule has 0 bridgehead atoms. The lowest BCUT2D eigenvalue weighted by atomic mass is 9.86. The minimum absolute atomic E-state index is 0.0951. The standard InChI is InChI=1S/C17H19NO5/c1-4-22-14(20)17(15(21)23-5-2)10-16(17)11-8-6-7-9-12(11)18(3)13(16)19/h6-9H,4-5,10H2,1-3H3/t16-/m0/s1. The van der Waals surface area contributed by atoms with Crippen LogP contribution in [0.3, 0.4) is 0 Å². The average Bonchev–Trinajstić information content (AvgIpc) is 3.21. The molecular weight excluding hydrogens is 298 g/mol. The molecule has 2 aliphatic rings. The molecule has 1 aliphatic carbocycles. The highest BCUT2D eigenvalue weighted by Gasteiger charge is 2.85. The molecule has 6 heteroatoms. The van der Waals surface area contributed by atoms with E-state index in [-0.39, 0.29) is 25.5 Å². The first kappa shape index (κ1) is 15.5. The molecule has 1 aromatic carbocycles. The van der Waals surface area contributed by atoms with Gasteiger partial charge in [-0.05, 0) is 31.9 Å². The Kier molecular flexibility index (Phi) is 3.43. The summed E-state index contributed by atoms with van der Waals surface area (Å²) in [6, 6.07) is 7.21. The van der Waals surface area contributed by atoms with Gasteiger partial charge in [-0.3, -0.25) is 14.4 Å². The highest BCUT2D eigenvalue weighted by molar-refractivity contribution is 6.22. The Morgan fingerprint density at radius 3 is 2.26 bits per heavy atom. The fourth-order valence-corrected chi connectivity index (χ4v) is 3.66. The number of ether oxygens (including phenoxy) is 2. The zero-order chi connectivity index (χ0) is 16.8. The molecule has 1 spiro atoms. The number of para-hydroxylation sites is 1. The lowest BCUT2D eigenvalue weighted by Crippen LogP contribution is -2.41. The van der Waals surface area contributed by atoms with E-state index in [2.05, 4.69) is 0 Å². The van der Waals surface area contributed by atoms with Crippen molar-refractivity contribution in [2.24, 2.45) is 5.41 Å². The summed E-state index contributed by atoms with van der Waals surface area (Å²) in [6.07, 6.45) is 0.0951. The highest BCUT2D eigenvalue weighted by Crippen LogP contribution is 2.70. The number of nitrogens with zero attached hydrogens (tertiary/aromatic N) is 1. The second kappa shape index (κ2) is 5.08. The van der Waals surface area contributed by atoms with Crippen molar-refractivity contribution in [2.75, 3.05) is 25.2 Å².